The lowest BCUT2D eigenvalue weighted by molar-refractivity contribution is -0.113. The Labute approximate surface area is 219 Å². The van der Waals surface area contributed by atoms with Crippen LogP contribution in [0.3, 0.4) is 0 Å². The molecule has 1 aliphatic heterocycles. The molecule has 36 heavy (non-hydrogen) atoms. The second-order valence-electron chi connectivity index (χ2n) is 8.67. The van der Waals surface area contributed by atoms with E-state index in [1.807, 2.05) is 13.0 Å². The number of carbonyl (C=O) groups excluding carboxylic acids is 1. The number of hydrogen-bond donors (Lipinski definition) is 1. The molecular weight excluding hydrogens is 517 g/mol. The van der Waals surface area contributed by atoms with Crippen LogP contribution < -0.4 is 10.9 Å². The molecule has 1 aliphatic rings. The molecule has 1 saturated heterocycles. The fourth-order valence-corrected chi connectivity index (χ4v) is 7.73. The summed E-state index contributed by atoms with van der Waals surface area (Å²) in [6.07, 6.45) is 5.19. The van der Waals surface area contributed by atoms with E-state index in [1.165, 1.54) is 38.0 Å². The monoisotopic (exact) mass is 546 g/mol. The lowest BCUT2D eigenvalue weighted by Crippen LogP contribution is -2.36. The number of aromatic nitrogens is 2. The first-order chi connectivity index (χ1) is 17.2. The summed E-state index contributed by atoms with van der Waals surface area (Å²) in [6, 6.07) is 6.81. The summed E-state index contributed by atoms with van der Waals surface area (Å²) < 4.78 is 29.4. The molecule has 8 nitrogen and oxygen atoms in total. The van der Waals surface area contributed by atoms with Crippen molar-refractivity contribution in [2.24, 2.45) is 0 Å². The van der Waals surface area contributed by atoms with Crippen molar-refractivity contribution in [3.8, 4) is 0 Å². The minimum absolute atomic E-state index is 0.0170. The molecule has 4 rings (SSSR count). The number of allylic oxidation sites excluding steroid dienone is 1. The minimum Gasteiger partial charge on any atom is -0.325 e. The molecule has 0 saturated carbocycles. The average Bonchev–Trinajstić information content (AvgIpc) is 3.30. The van der Waals surface area contributed by atoms with Crippen molar-refractivity contribution >= 4 is 54.9 Å². The summed E-state index contributed by atoms with van der Waals surface area (Å²) in [6.45, 7) is 8.84. The Morgan fingerprint density at radius 3 is 2.69 bits per heavy atom. The summed E-state index contributed by atoms with van der Waals surface area (Å²) >= 11 is 2.65. The summed E-state index contributed by atoms with van der Waals surface area (Å²) in [5.41, 5.74) is 0.908. The van der Waals surface area contributed by atoms with Gasteiger partial charge in [0.05, 0.1) is 16.0 Å². The molecule has 0 radical (unpaired) electrons. The normalized spacial score (nSPS) is 14.7. The van der Waals surface area contributed by atoms with E-state index >= 15 is 0 Å². The maximum absolute atomic E-state index is 13.2. The minimum atomic E-state index is -3.62. The first-order valence-electron chi connectivity index (χ1n) is 11.9. The van der Waals surface area contributed by atoms with Crippen molar-refractivity contribution in [2.75, 3.05) is 24.2 Å². The smallest absolute Gasteiger partial charge is 0.263 e. The van der Waals surface area contributed by atoms with Crippen LogP contribution in [0.25, 0.3) is 10.2 Å². The number of thiophene rings is 1. The molecule has 0 unspecified atom stereocenters. The number of anilines is 1. The fraction of sp³-hybridized carbons (Fsp3) is 0.400. The van der Waals surface area contributed by atoms with E-state index in [0.29, 0.717) is 46.3 Å². The van der Waals surface area contributed by atoms with Gasteiger partial charge in [-0.15, -0.1) is 17.9 Å². The highest BCUT2D eigenvalue weighted by molar-refractivity contribution is 7.99. The zero-order valence-electron chi connectivity index (χ0n) is 20.5. The van der Waals surface area contributed by atoms with Gasteiger partial charge in [-0.05, 0) is 49.9 Å². The number of rotatable bonds is 9. The number of thioether (sulfide) groups is 1. The molecule has 2 aromatic heterocycles. The van der Waals surface area contributed by atoms with Crippen LogP contribution in [-0.4, -0.2) is 47.0 Å². The number of fused-ring (bicyclic) bond motifs is 1. The maximum Gasteiger partial charge on any atom is 0.263 e. The second kappa shape index (κ2) is 11.3. The molecule has 0 atom stereocenters. The molecule has 0 bridgehead atoms. The van der Waals surface area contributed by atoms with E-state index in [9.17, 15) is 18.0 Å². The molecule has 3 aromatic rings. The van der Waals surface area contributed by atoms with Gasteiger partial charge in [-0.3, -0.25) is 14.2 Å². The summed E-state index contributed by atoms with van der Waals surface area (Å²) in [5, 5.41) is 3.82. The quantitative estimate of drug-likeness (QED) is 0.242. The van der Waals surface area contributed by atoms with Crippen molar-refractivity contribution in [2.45, 2.75) is 56.1 Å². The number of hydrogen-bond acceptors (Lipinski definition) is 7. The maximum atomic E-state index is 13.2. The molecule has 0 aliphatic carbocycles. The lowest BCUT2D eigenvalue weighted by atomic mass is 10.2. The van der Waals surface area contributed by atoms with Crippen LogP contribution in [0.15, 0.2) is 51.8 Å². The number of aryl methyl sites for hydroxylation is 2. The van der Waals surface area contributed by atoms with Gasteiger partial charge in [-0.25, -0.2) is 13.4 Å². The highest BCUT2D eigenvalue weighted by Crippen LogP contribution is 2.27. The number of benzene rings is 1. The van der Waals surface area contributed by atoms with Crippen molar-refractivity contribution < 1.29 is 13.2 Å². The Kier molecular flexibility index (Phi) is 8.34. The molecule has 3 heterocycles. The van der Waals surface area contributed by atoms with E-state index in [2.05, 4.69) is 16.9 Å². The van der Waals surface area contributed by atoms with Crippen LogP contribution in [0.1, 0.15) is 36.6 Å². The van der Waals surface area contributed by atoms with Gasteiger partial charge in [-0.1, -0.05) is 37.2 Å². The highest BCUT2D eigenvalue weighted by atomic mass is 32.2. The number of sulfonamides is 1. The first-order valence-corrected chi connectivity index (χ1v) is 15.2. The van der Waals surface area contributed by atoms with E-state index < -0.39 is 10.0 Å². The zero-order chi connectivity index (χ0) is 25.9. The van der Waals surface area contributed by atoms with Crippen LogP contribution in [0.2, 0.25) is 0 Å². The fourth-order valence-electron chi connectivity index (χ4n) is 4.15. The van der Waals surface area contributed by atoms with E-state index in [1.54, 1.807) is 25.1 Å². The van der Waals surface area contributed by atoms with Crippen LogP contribution in [-0.2, 0) is 27.8 Å². The van der Waals surface area contributed by atoms with Crippen molar-refractivity contribution in [3.63, 3.8) is 0 Å². The number of nitrogens with zero attached hydrogens (tertiary/aromatic N) is 3. The number of amides is 1. The van der Waals surface area contributed by atoms with Gasteiger partial charge in [0.2, 0.25) is 15.9 Å². The number of nitrogens with one attached hydrogen (secondary N) is 1. The summed E-state index contributed by atoms with van der Waals surface area (Å²) in [4.78, 5) is 32.4. The predicted octanol–water partition coefficient (Wildman–Crippen LogP) is 4.42. The third-order valence-corrected chi connectivity index (χ3v) is 10.3. The van der Waals surface area contributed by atoms with Gasteiger partial charge in [0.15, 0.2) is 5.16 Å². The zero-order valence-corrected chi connectivity index (χ0v) is 22.9. The molecule has 1 N–H and O–H groups in total. The Morgan fingerprint density at radius 1 is 1.25 bits per heavy atom. The molecule has 1 fully saturated rings. The van der Waals surface area contributed by atoms with Gasteiger partial charge < -0.3 is 5.32 Å². The van der Waals surface area contributed by atoms with Crippen LogP contribution in [0.4, 0.5) is 5.69 Å². The van der Waals surface area contributed by atoms with E-state index in [4.69, 9.17) is 0 Å². The summed E-state index contributed by atoms with van der Waals surface area (Å²) in [7, 11) is -3.62. The van der Waals surface area contributed by atoms with Gasteiger partial charge in [0.25, 0.3) is 5.56 Å². The van der Waals surface area contributed by atoms with E-state index in [0.717, 1.165) is 30.6 Å². The SMILES string of the molecule is C=CCn1c(SCC(=O)Nc2ccc(C)c(S(=O)(=O)N3CCCCC3)c2)nc2sc(CC)cc2c1=O. The molecule has 1 aromatic carbocycles. The largest absolute Gasteiger partial charge is 0.325 e. The van der Waals surface area contributed by atoms with E-state index in [-0.39, 0.29) is 22.1 Å². The number of piperidine rings is 1. The molecule has 1 amide bonds. The first kappa shape index (κ1) is 26.6. The second-order valence-corrected chi connectivity index (χ2v) is 12.6. The van der Waals surface area contributed by atoms with Crippen molar-refractivity contribution in [3.05, 3.63) is 57.7 Å². The topological polar surface area (TPSA) is 101 Å². The third kappa shape index (κ3) is 5.59. The van der Waals surface area contributed by atoms with Crippen LogP contribution in [0.5, 0.6) is 0 Å². The third-order valence-electron chi connectivity index (χ3n) is 6.06. The Bertz CT molecular complexity index is 1450. The molecule has 0 spiro atoms. The standard InChI is InChI=1S/C25H30N4O4S3/c1-4-11-29-24(31)20-15-19(5-2)35-23(20)27-25(29)34-16-22(30)26-18-10-9-17(3)21(14-18)36(32,33)28-12-7-6-8-13-28/h4,9-10,14-15H,1,5-8,11-13,16H2,2-3H3,(H,26,30). The molecular formula is C25H30N4O4S3. The Balaban J connectivity index is 1.51. The van der Waals surface area contributed by atoms with Crippen molar-refractivity contribution in [1.29, 1.82) is 0 Å². The number of carbonyl (C=O) groups is 1. The van der Waals surface area contributed by atoms with Crippen molar-refractivity contribution in [1.82, 2.24) is 13.9 Å². The average molecular weight is 547 g/mol. The lowest BCUT2D eigenvalue weighted by Gasteiger charge is -2.26. The van der Waals surface area contributed by atoms with Gasteiger partial charge >= 0.3 is 0 Å². The predicted molar refractivity (Wildman–Crippen MR) is 147 cm³/mol. The molecule has 192 valence electrons. The van der Waals surface area contributed by atoms with Gasteiger partial charge in [0.1, 0.15) is 4.83 Å². The highest BCUT2D eigenvalue weighted by Gasteiger charge is 2.27. The Morgan fingerprint density at radius 2 is 2.00 bits per heavy atom. The van der Waals surface area contributed by atoms with Crippen LogP contribution >= 0.6 is 23.1 Å². The Hall–Kier alpha value is -2.47. The van der Waals surface area contributed by atoms with Gasteiger partial charge in [0, 0.05) is 30.2 Å². The van der Waals surface area contributed by atoms with Crippen LogP contribution in [0, 0.1) is 6.92 Å². The summed E-state index contributed by atoms with van der Waals surface area (Å²) in [5.74, 6) is -0.298. The molecule has 11 heteroatoms. The van der Waals surface area contributed by atoms with Gasteiger partial charge in [-0.2, -0.15) is 4.31 Å².